The molecule has 0 spiro atoms. The van der Waals surface area contributed by atoms with Crippen molar-refractivity contribution >= 4 is 20.3 Å². The van der Waals surface area contributed by atoms with Crippen LogP contribution in [0.5, 0.6) is 0 Å². The van der Waals surface area contributed by atoms with E-state index in [0.717, 1.165) is 0 Å². The van der Waals surface area contributed by atoms with Crippen molar-refractivity contribution in [2.24, 2.45) is 0 Å². The zero-order valence-electron chi connectivity index (χ0n) is 7.30. The lowest BCUT2D eigenvalue weighted by Gasteiger charge is -2.26. The van der Waals surface area contributed by atoms with Crippen LogP contribution in [0.25, 0.3) is 0 Å². The number of aliphatic hydroxyl groups excluding tert-OH is 3. The second kappa shape index (κ2) is 5.03. The molecule has 8 heteroatoms. The van der Waals surface area contributed by atoms with Crippen molar-refractivity contribution in [1.82, 2.24) is 0 Å². The molecule has 0 rings (SSSR count). The van der Waals surface area contributed by atoms with Crippen LogP contribution in [0.4, 0.5) is 0 Å². The van der Waals surface area contributed by atoms with Crippen LogP contribution in [0, 0.1) is 0 Å². The van der Waals surface area contributed by atoms with Gasteiger partial charge >= 0.3 is 0 Å². The Bertz CT molecular complexity index is 225. The predicted octanol–water partition coefficient (Wildman–Crippen LogP) is -3.63. The van der Waals surface area contributed by atoms with E-state index >= 15 is 0 Å². The maximum Gasteiger partial charge on any atom is 0.185 e. The van der Waals surface area contributed by atoms with Gasteiger partial charge in [-0.3, -0.25) is 0 Å². The Labute approximate surface area is 79.6 Å². The smallest absolute Gasteiger partial charge is 0.185 e. The normalized spacial score (nSPS) is 13.5. The van der Waals surface area contributed by atoms with Crippen LogP contribution < -0.4 is 0 Å². The van der Waals surface area contributed by atoms with Gasteiger partial charge in [-0.05, 0) is 0 Å². The number of hydrogen-bond donors (Lipinski definition) is 3. The molecule has 0 radical (unpaired) electrons. The largest absolute Gasteiger partial charge is 0.414 e. The van der Waals surface area contributed by atoms with Gasteiger partial charge in [-0.15, -0.1) is 0 Å². The van der Waals surface area contributed by atoms with Crippen molar-refractivity contribution in [3.8, 4) is 0 Å². The molecule has 0 aliphatic heterocycles. The predicted molar refractivity (Wildman–Crippen MR) is 48.8 cm³/mol. The molecule has 0 bridgehead atoms. The molecule has 6 nitrogen and oxygen atoms in total. The zero-order valence-corrected chi connectivity index (χ0v) is 10.1. The van der Waals surface area contributed by atoms with E-state index in [1.807, 2.05) is 0 Å². The first-order valence-corrected chi connectivity index (χ1v) is 6.00. The van der Waals surface area contributed by atoms with E-state index < -0.39 is 40.3 Å². The van der Waals surface area contributed by atoms with E-state index in [9.17, 15) is 8.42 Å². The van der Waals surface area contributed by atoms with Gasteiger partial charge in [0.05, 0.1) is 19.8 Å². The van der Waals surface area contributed by atoms with Crippen molar-refractivity contribution in [3.05, 3.63) is 0 Å². The molecule has 0 aliphatic carbocycles. The minimum absolute atomic E-state index is 0.237. The number of rotatable bonds is 6. The van der Waals surface area contributed by atoms with Crippen LogP contribution in [-0.2, 0) is 14.3 Å². The highest BCUT2D eigenvalue weighted by Gasteiger charge is 2.42. The Kier molecular flexibility index (Phi) is 5.03. The molecular formula is C5H14O6SSi. The van der Waals surface area contributed by atoms with Crippen molar-refractivity contribution in [2.45, 2.75) is 4.75 Å². The van der Waals surface area contributed by atoms with Gasteiger partial charge in [0.1, 0.15) is 21.2 Å². The molecular weight excluding hydrogens is 216 g/mol. The minimum atomic E-state index is -3.82. The van der Waals surface area contributed by atoms with E-state index in [1.165, 1.54) is 0 Å². The number of aliphatic hydroxyl groups is 3. The van der Waals surface area contributed by atoms with E-state index in [0.29, 0.717) is 0 Å². The summed E-state index contributed by atoms with van der Waals surface area (Å²) in [5.41, 5.74) is 0. The maximum atomic E-state index is 11.4. The Morgan fingerprint density at radius 1 is 1.15 bits per heavy atom. The van der Waals surface area contributed by atoms with Gasteiger partial charge < -0.3 is 19.7 Å². The fourth-order valence-electron chi connectivity index (χ4n) is 0.725. The van der Waals surface area contributed by atoms with Crippen LogP contribution in [-0.4, -0.2) is 64.7 Å². The first-order chi connectivity index (χ1) is 5.99. The second-order valence-corrected chi connectivity index (χ2v) is 5.59. The summed E-state index contributed by atoms with van der Waals surface area (Å²) < 4.78 is 25.4. The first kappa shape index (κ1) is 13.0. The molecule has 0 fully saturated rings. The third-order valence-corrected chi connectivity index (χ3v) is 4.76. The summed E-state index contributed by atoms with van der Waals surface area (Å²) in [6, 6.07) is 0. The Morgan fingerprint density at radius 2 is 1.54 bits per heavy atom. The van der Waals surface area contributed by atoms with Crippen molar-refractivity contribution in [3.63, 3.8) is 0 Å². The summed E-state index contributed by atoms with van der Waals surface area (Å²) in [4.78, 5) is 0. The van der Waals surface area contributed by atoms with Gasteiger partial charge in [-0.1, -0.05) is 0 Å². The summed E-state index contributed by atoms with van der Waals surface area (Å²) in [6.07, 6.45) is 0. The molecule has 3 N–H and O–H groups in total. The van der Waals surface area contributed by atoms with E-state index in [1.54, 1.807) is 0 Å². The summed E-state index contributed by atoms with van der Waals surface area (Å²) in [5.74, 6) is -0.582. The molecule has 0 amide bonds. The lowest BCUT2D eigenvalue weighted by Crippen LogP contribution is -2.50. The molecule has 0 saturated carbocycles. The molecule has 0 aromatic carbocycles. The average molecular weight is 230 g/mol. The summed E-state index contributed by atoms with van der Waals surface area (Å²) >= 11 is 0. The van der Waals surface area contributed by atoms with Crippen LogP contribution >= 0.6 is 0 Å². The lowest BCUT2D eigenvalue weighted by molar-refractivity contribution is 0.112. The average Bonchev–Trinajstić information content (AvgIpc) is 2.07. The summed E-state index contributed by atoms with van der Waals surface area (Å²) in [6.45, 7) is -2.48. The van der Waals surface area contributed by atoms with E-state index in [2.05, 4.69) is 4.43 Å². The lowest BCUT2D eigenvalue weighted by atomic mass is 10.2. The second-order valence-electron chi connectivity index (χ2n) is 2.68. The molecule has 0 aliphatic rings. The molecule has 0 saturated heterocycles. The number of hydrogen-bond acceptors (Lipinski definition) is 6. The van der Waals surface area contributed by atoms with Crippen molar-refractivity contribution in [2.75, 3.05) is 25.8 Å². The van der Waals surface area contributed by atoms with E-state index in [-0.39, 0.29) is 10.5 Å². The Morgan fingerprint density at radius 3 is 1.77 bits per heavy atom. The molecule has 80 valence electrons. The van der Waals surface area contributed by atoms with Gasteiger partial charge in [0, 0.05) is 0 Å². The molecule has 0 unspecified atom stereocenters. The highest BCUT2D eigenvalue weighted by atomic mass is 32.2. The summed E-state index contributed by atoms with van der Waals surface area (Å²) in [7, 11) is -3.58. The zero-order chi connectivity index (χ0) is 10.5. The SMILES string of the molecule is O=S(=O)(CO[SiH3])C(CO)(CO)CO. The van der Waals surface area contributed by atoms with Gasteiger partial charge in [0.25, 0.3) is 0 Å². The van der Waals surface area contributed by atoms with Crippen LogP contribution in [0.15, 0.2) is 0 Å². The highest BCUT2D eigenvalue weighted by molar-refractivity contribution is 7.92. The molecule has 0 aromatic heterocycles. The quantitative estimate of drug-likeness (QED) is 0.407. The first-order valence-electron chi connectivity index (χ1n) is 3.53. The highest BCUT2D eigenvalue weighted by Crippen LogP contribution is 2.16. The summed E-state index contributed by atoms with van der Waals surface area (Å²) in [5, 5.41) is 26.4. The standard InChI is InChI=1S/C5H14O6SSi/c6-1-5(2-7,3-8)12(9,10)4-11-13/h6-8H,1-4H2,13H3. The molecule has 13 heavy (non-hydrogen) atoms. The molecule has 0 atom stereocenters. The third-order valence-electron chi connectivity index (χ3n) is 1.80. The Hall–Kier alpha value is 0.00688. The third kappa shape index (κ3) is 2.48. The minimum Gasteiger partial charge on any atom is -0.414 e. The van der Waals surface area contributed by atoms with E-state index in [4.69, 9.17) is 15.3 Å². The fourth-order valence-corrected chi connectivity index (χ4v) is 2.81. The van der Waals surface area contributed by atoms with Crippen molar-refractivity contribution in [1.29, 1.82) is 0 Å². The molecule has 0 aromatic rings. The van der Waals surface area contributed by atoms with Gasteiger partial charge in [0.2, 0.25) is 0 Å². The van der Waals surface area contributed by atoms with Crippen LogP contribution in [0.3, 0.4) is 0 Å². The van der Waals surface area contributed by atoms with Crippen LogP contribution in [0.1, 0.15) is 0 Å². The maximum absolute atomic E-state index is 11.4. The van der Waals surface area contributed by atoms with Crippen molar-refractivity contribution < 1.29 is 28.2 Å². The topological polar surface area (TPSA) is 104 Å². The van der Waals surface area contributed by atoms with Gasteiger partial charge in [0.15, 0.2) is 9.84 Å². The fraction of sp³-hybridized carbons (Fsp3) is 1.00. The molecule has 0 heterocycles. The van der Waals surface area contributed by atoms with Gasteiger partial charge in [-0.2, -0.15) is 0 Å². The monoisotopic (exact) mass is 230 g/mol. The van der Waals surface area contributed by atoms with Gasteiger partial charge in [-0.25, -0.2) is 8.42 Å². The van der Waals surface area contributed by atoms with Crippen LogP contribution in [0.2, 0.25) is 0 Å². The number of sulfone groups is 1. The Balaban J connectivity index is 4.93.